The fraction of sp³-hybridized carbons (Fsp3) is 0.375. The Bertz CT molecular complexity index is 690. The molecule has 0 aliphatic carbocycles. The molecule has 0 aliphatic rings. The summed E-state index contributed by atoms with van der Waals surface area (Å²) in [5.74, 6) is 0.712. The van der Waals surface area contributed by atoms with Gasteiger partial charge in [-0.1, -0.05) is 17.7 Å². The molecule has 0 bridgehead atoms. The minimum Gasteiger partial charge on any atom is -0.482 e. The third-order valence-electron chi connectivity index (χ3n) is 3.34. The number of nitrogens with one attached hydrogen (secondary N) is 1. The fourth-order valence-electron chi connectivity index (χ4n) is 2.32. The van der Waals surface area contributed by atoms with Gasteiger partial charge in [-0.3, -0.25) is 9.69 Å². The van der Waals surface area contributed by atoms with E-state index in [4.69, 9.17) is 22.1 Å². The minimum atomic E-state index is -0.556. The third kappa shape index (κ3) is 5.52. The van der Waals surface area contributed by atoms with Gasteiger partial charge in [0.25, 0.3) is 5.91 Å². The van der Waals surface area contributed by atoms with Crippen LogP contribution in [-0.4, -0.2) is 45.6 Å². The zero-order valence-electron chi connectivity index (χ0n) is 13.5. The number of aromatic nitrogens is 2. The highest BCUT2D eigenvalue weighted by Gasteiger charge is 2.11. The van der Waals surface area contributed by atoms with Crippen molar-refractivity contribution in [2.45, 2.75) is 20.0 Å². The number of benzene rings is 1. The van der Waals surface area contributed by atoms with E-state index >= 15 is 0 Å². The second kappa shape index (κ2) is 8.68. The number of carbonyl (C=O) groups is 1. The van der Waals surface area contributed by atoms with Crippen molar-refractivity contribution >= 4 is 17.5 Å². The van der Waals surface area contributed by atoms with E-state index in [1.807, 2.05) is 13.0 Å². The van der Waals surface area contributed by atoms with E-state index in [9.17, 15) is 9.90 Å². The average Bonchev–Trinajstić information content (AvgIpc) is 2.91. The van der Waals surface area contributed by atoms with Crippen LogP contribution < -0.4 is 10.5 Å². The highest BCUT2D eigenvalue weighted by Crippen LogP contribution is 2.26. The topological polar surface area (TPSA) is 104 Å². The molecule has 0 atom stereocenters. The number of aliphatic hydroxyl groups is 1. The molecule has 8 heteroatoms. The average molecular weight is 353 g/mol. The first-order chi connectivity index (χ1) is 11.5. The number of ether oxygens (including phenoxy) is 1. The predicted octanol–water partition coefficient (Wildman–Crippen LogP) is 1.23. The first-order valence-electron chi connectivity index (χ1n) is 7.51. The molecule has 130 valence electrons. The number of rotatable bonds is 9. The number of hydrogen-bond donors (Lipinski definition) is 3. The maximum absolute atomic E-state index is 10.8. The van der Waals surface area contributed by atoms with Crippen molar-refractivity contribution in [3.8, 4) is 5.75 Å². The maximum atomic E-state index is 10.8. The highest BCUT2D eigenvalue weighted by atomic mass is 35.5. The zero-order chi connectivity index (χ0) is 17.5. The van der Waals surface area contributed by atoms with E-state index in [0.29, 0.717) is 30.4 Å². The molecule has 24 heavy (non-hydrogen) atoms. The molecule has 1 aromatic heterocycles. The van der Waals surface area contributed by atoms with Crippen molar-refractivity contribution in [3.05, 3.63) is 46.5 Å². The molecule has 1 heterocycles. The maximum Gasteiger partial charge on any atom is 0.255 e. The van der Waals surface area contributed by atoms with E-state index in [-0.39, 0.29) is 13.2 Å². The number of halogens is 1. The summed E-state index contributed by atoms with van der Waals surface area (Å²) in [6.45, 7) is 3.50. The van der Waals surface area contributed by atoms with Crippen molar-refractivity contribution < 1.29 is 14.6 Å². The lowest BCUT2D eigenvalue weighted by molar-refractivity contribution is -0.119. The first-order valence-corrected chi connectivity index (χ1v) is 7.89. The number of aromatic amines is 1. The van der Waals surface area contributed by atoms with Gasteiger partial charge in [0.15, 0.2) is 6.61 Å². The molecule has 2 aromatic rings. The fourth-order valence-corrected chi connectivity index (χ4v) is 2.57. The van der Waals surface area contributed by atoms with Gasteiger partial charge in [0.05, 0.1) is 11.6 Å². The van der Waals surface area contributed by atoms with Crippen molar-refractivity contribution in [1.82, 2.24) is 14.9 Å². The van der Waals surface area contributed by atoms with Gasteiger partial charge in [-0.2, -0.15) is 0 Å². The normalized spacial score (nSPS) is 11.0. The lowest BCUT2D eigenvalue weighted by atomic mass is 10.2. The number of nitrogens with zero attached hydrogens (tertiary/aromatic N) is 2. The van der Waals surface area contributed by atoms with Crippen LogP contribution in [0.5, 0.6) is 5.75 Å². The van der Waals surface area contributed by atoms with E-state index in [1.165, 1.54) is 0 Å². The molecular weight excluding hydrogens is 332 g/mol. The molecule has 0 fully saturated rings. The quantitative estimate of drug-likeness (QED) is 0.629. The van der Waals surface area contributed by atoms with Crippen molar-refractivity contribution in [2.75, 3.05) is 19.8 Å². The summed E-state index contributed by atoms with van der Waals surface area (Å²) in [7, 11) is 0. The zero-order valence-corrected chi connectivity index (χ0v) is 14.2. The van der Waals surface area contributed by atoms with Crippen molar-refractivity contribution in [2.24, 2.45) is 5.73 Å². The number of imidazole rings is 1. The Kier molecular flexibility index (Phi) is 6.60. The van der Waals surface area contributed by atoms with Crippen LogP contribution in [-0.2, 0) is 17.9 Å². The number of aliphatic hydroxyl groups excluding tert-OH is 1. The number of primary amides is 1. The molecule has 0 unspecified atom stereocenters. The smallest absolute Gasteiger partial charge is 0.255 e. The van der Waals surface area contributed by atoms with Crippen LogP contribution >= 0.6 is 11.6 Å². The number of nitrogens with two attached hydrogens (primary N) is 1. The highest BCUT2D eigenvalue weighted by molar-refractivity contribution is 6.32. The molecule has 0 spiro atoms. The molecule has 4 N–H and O–H groups in total. The lowest BCUT2D eigenvalue weighted by Gasteiger charge is -2.21. The minimum absolute atomic E-state index is 0.0562. The summed E-state index contributed by atoms with van der Waals surface area (Å²) in [5, 5.41) is 9.67. The second-order valence-corrected chi connectivity index (χ2v) is 5.86. The summed E-state index contributed by atoms with van der Waals surface area (Å²) < 4.78 is 5.23. The number of carbonyl (C=O) groups excluding carboxylic acids is 1. The molecule has 7 nitrogen and oxygen atoms in total. The summed E-state index contributed by atoms with van der Waals surface area (Å²) in [5.41, 5.74) is 7.00. The van der Waals surface area contributed by atoms with E-state index < -0.39 is 5.91 Å². The number of hydrogen-bond acceptors (Lipinski definition) is 5. The molecule has 0 aliphatic heterocycles. The van der Waals surface area contributed by atoms with Crippen LogP contribution in [0.3, 0.4) is 0 Å². The van der Waals surface area contributed by atoms with Gasteiger partial charge in [-0.15, -0.1) is 0 Å². The van der Waals surface area contributed by atoms with Crippen molar-refractivity contribution in [3.63, 3.8) is 0 Å². The molecule has 0 saturated carbocycles. The van der Waals surface area contributed by atoms with Gasteiger partial charge >= 0.3 is 0 Å². The van der Waals surface area contributed by atoms with Crippen LogP contribution in [0.4, 0.5) is 0 Å². The molecule has 2 rings (SSSR count). The Hall–Kier alpha value is -2.09. The molecular formula is C16H21ClN4O3. The SMILES string of the molecule is Cc1ncc(CN(CCO)Cc2ccc(OCC(N)=O)c(Cl)c2)[nH]1. The van der Waals surface area contributed by atoms with Crippen LogP contribution in [0, 0.1) is 6.92 Å². The Morgan fingerprint density at radius 3 is 2.83 bits per heavy atom. The third-order valence-corrected chi connectivity index (χ3v) is 3.63. The summed E-state index contributed by atoms with van der Waals surface area (Å²) in [6.07, 6.45) is 1.79. The van der Waals surface area contributed by atoms with Gasteiger partial charge in [0.2, 0.25) is 0 Å². The Morgan fingerprint density at radius 1 is 1.46 bits per heavy atom. The van der Waals surface area contributed by atoms with Gasteiger partial charge < -0.3 is 20.6 Å². The first kappa shape index (κ1) is 18.3. The van der Waals surface area contributed by atoms with Crippen molar-refractivity contribution in [1.29, 1.82) is 0 Å². The second-order valence-electron chi connectivity index (χ2n) is 5.45. The van der Waals surface area contributed by atoms with E-state index in [1.54, 1.807) is 18.3 Å². The monoisotopic (exact) mass is 352 g/mol. The van der Waals surface area contributed by atoms with E-state index in [0.717, 1.165) is 17.1 Å². The van der Waals surface area contributed by atoms with Gasteiger partial charge in [-0.25, -0.2) is 4.98 Å². The van der Waals surface area contributed by atoms with E-state index in [2.05, 4.69) is 14.9 Å². The van der Waals surface area contributed by atoms with Crippen LogP contribution in [0.25, 0.3) is 0 Å². The van der Waals surface area contributed by atoms with Crippen LogP contribution in [0.1, 0.15) is 17.1 Å². The number of amides is 1. The van der Waals surface area contributed by atoms with Gasteiger partial charge in [0.1, 0.15) is 11.6 Å². The Morgan fingerprint density at radius 2 is 2.25 bits per heavy atom. The Labute approximate surface area is 145 Å². The number of aryl methyl sites for hydroxylation is 1. The van der Waals surface area contributed by atoms with Gasteiger partial charge in [0, 0.05) is 31.5 Å². The molecule has 1 amide bonds. The largest absolute Gasteiger partial charge is 0.482 e. The summed E-state index contributed by atoms with van der Waals surface area (Å²) in [6, 6.07) is 5.35. The standard InChI is InChI=1S/C16H21ClN4O3/c1-11-19-7-13(20-11)9-21(4-5-22)8-12-2-3-15(14(17)6-12)24-10-16(18)23/h2-3,6-7,22H,4-5,8-10H2,1H3,(H2,18,23)(H,19,20). The predicted molar refractivity (Wildman–Crippen MR) is 90.7 cm³/mol. The lowest BCUT2D eigenvalue weighted by Crippen LogP contribution is -2.26. The van der Waals surface area contributed by atoms with Gasteiger partial charge in [-0.05, 0) is 24.6 Å². The summed E-state index contributed by atoms with van der Waals surface area (Å²) >= 11 is 6.18. The van der Waals surface area contributed by atoms with Crippen LogP contribution in [0.2, 0.25) is 5.02 Å². The summed E-state index contributed by atoms with van der Waals surface area (Å²) in [4.78, 5) is 20.2. The Balaban J connectivity index is 2.03. The molecule has 0 radical (unpaired) electrons. The number of H-pyrrole nitrogens is 1. The molecule has 1 aromatic carbocycles. The molecule has 0 saturated heterocycles. The van der Waals surface area contributed by atoms with Crippen LogP contribution in [0.15, 0.2) is 24.4 Å².